The largest absolute Gasteiger partial charge is 0.491 e. The molecule has 0 radical (unpaired) electrons. The average molecular weight is 346 g/mol. The van der Waals surface area contributed by atoms with Crippen LogP contribution in [0.15, 0.2) is 47.4 Å². The number of rotatable bonds is 4. The van der Waals surface area contributed by atoms with E-state index < -0.39 is 10.0 Å². The van der Waals surface area contributed by atoms with Gasteiger partial charge in [0, 0.05) is 0 Å². The number of amides is 1. The smallest absolute Gasteiger partial charge is 0.261 e. The minimum Gasteiger partial charge on any atom is -0.491 e. The number of fused-ring (bicyclic) bond motifs is 1. The molecule has 0 atom stereocenters. The van der Waals surface area contributed by atoms with Gasteiger partial charge in [0.15, 0.2) is 0 Å². The van der Waals surface area contributed by atoms with E-state index in [1.54, 1.807) is 18.2 Å². The van der Waals surface area contributed by atoms with Crippen LogP contribution in [0.25, 0.3) is 0 Å². The first-order chi connectivity index (χ1) is 11.5. The van der Waals surface area contributed by atoms with Gasteiger partial charge in [-0.05, 0) is 36.2 Å². The highest BCUT2D eigenvalue weighted by atomic mass is 32.2. The summed E-state index contributed by atoms with van der Waals surface area (Å²) in [4.78, 5) is 11.7. The topological polar surface area (TPSA) is 84.5 Å². The van der Waals surface area contributed by atoms with E-state index in [0.29, 0.717) is 23.5 Å². The summed E-state index contributed by atoms with van der Waals surface area (Å²) in [5, 5.41) is 2.67. The molecule has 2 aromatic rings. The zero-order chi connectivity index (χ0) is 17.2. The van der Waals surface area contributed by atoms with Crippen molar-refractivity contribution in [3.8, 4) is 5.75 Å². The van der Waals surface area contributed by atoms with Crippen molar-refractivity contribution in [3.05, 3.63) is 48.0 Å². The van der Waals surface area contributed by atoms with Gasteiger partial charge in [0.1, 0.15) is 5.75 Å². The third kappa shape index (κ3) is 3.35. The van der Waals surface area contributed by atoms with Crippen LogP contribution in [0.2, 0.25) is 0 Å². The average Bonchev–Trinajstić information content (AvgIpc) is 2.74. The zero-order valence-electron chi connectivity index (χ0n) is 13.2. The number of hydrogen-bond donors (Lipinski definition) is 2. The second-order valence-corrected chi connectivity index (χ2v) is 7.10. The molecule has 0 aliphatic carbocycles. The van der Waals surface area contributed by atoms with E-state index in [1.165, 1.54) is 12.1 Å². The second-order valence-electron chi connectivity index (χ2n) is 5.42. The van der Waals surface area contributed by atoms with Crippen molar-refractivity contribution in [2.24, 2.45) is 0 Å². The normalized spacial score (nSPS) is 14.1. The van der Waals surface area contributed by atoms with Crippen molar-refractivity contribution >= 4 is 27.3 Å². The summed E-state index contributed by atoms with van der Waals surface area (Å²) < 4.78 is 33.4. The molecule has 1 amide bonds. The van der Waals surface area contributed by atoms with Gasteiger partial charge in [-0.3, -0.25) is 9.52 Å². The maximum Gasteiger partial charge on any atom is 0.261 e. The SMILES string of the molecule is CCc1ccccc1NS(=O)(=O)c1ccc2c(c1)NC(=O)CCO2. The fourth-order valence-electron chi connectivity index (χ4n) is 2.50. The van der Waals surface area contributed by atoms with Gasteiger partial charge in [-0.1, -0.05) is 25.1 Å². The number of anilines is 2. The van der Waals surface area contributed by atoms with E-state index in [2.05, 4.69) is 10.0 Å². The molecule has 0 saturated heterocycles. The van der Waals surface area contributed by atoms with Crippen molar-refractivity contribution in [3.63, 3.8) is 0 Å². The van der Waals surface area contributed by atoms with Gasteiger partial charge in [0.05, 0.1) is 29.3 Å². The summed E-state index contributed by atoms with van der Waals surface area (Å²) in [7, 11) is -3.77. The van der Waals surface area contributed by atoms with Gasteiger partial charge in [-0.2, -0.15) is 0 Å². The molecule has 2 N–H and O–H groups in total. The van der Waals surface area contributed by atoms with Crippen molar-refractivity contribution < 1.29 is 17.9 Å². The number of nitrogens with one attached hydrogen (secondary N) is 2. The van der Waals surface area contributed by atoms with Gasteiger partial charge in [-0.15, -0.1) is 0 Å². The lowest BCUT2D eigenvalue weighted by atomic mass is 10.1. The summed E-state index contributed by atoms with van der Waals surface area (Å²) in [6.45, 7) is 2.23. The molecule has 0 bridgehead atoms. The molecule has 1 heterocycles. The van der Waals surface area contributed by atoms with Gasteiger partial charge in [-0.25, -0.2) is 8.42 Å². The Labute approximate surface area is 140 Å². The second kappa shape index (κ2) is 6.52. The van der Waals surface area contributed by atoms with E-state index in [9.17, 15) is 13.2 Å². The molecule has 0 unspecified atom stereocenters. The molecule has 0 saturated carbocycles. The minimum absolute atomic E-state index is 0.0676. The summed E-state index contributed by atoms with van der Waals surface area (Å²) in [5.74, 6) is 0.265. The van der Waals surface area contributed by atoms with Crippen LogP contribution in [-0.4, -0.2) is 20.9 Å². The van der Waals surface area contributed by atoms with Gasteiger partial charge in [0.2, 0.25) is 5.91 Å². The number of carbonyl (C=O) groups excluding carboxylic acids is 1. The molecule has 6 nitrogen and oxygen atoms in total. The molecule has 3 rings (SSSR count). The van der Waals surface area contributed by atoms with Crippen molar-refractivity contribution in [2.45, 2.75) is 24.7 Å². The Bertz CT molecular complexity index is 878. The van der Waals surface area contributed by atoms with E-state index >= 15 is 0 Å². The predicted molar refractivity (Wildman–Crippen MR) is 91.8 cm³/mol. The fraction of sp³-hybridized carbons (Fsp3) is 0.235. The Kier molecular flexibility index (Phi) is 4.44. The lowest BCUT2D eigenvalue weighted by molar-refractivity contribution is -0.116. The number of carbonyl (C=O) groups is 1. The lowest BCUT2D eigenvalue weighted by Crippen LogP contribution is -2.15. The third-order valence-corrected chi connectivity index (χ3v) is 5.13. The van der Waals surface area contributed by atoms with E-state index in [1.807, 2.05) is 19.1 Å². The molecular formula is C17H18N2O4S. The highest BCUT2D eigenvalue weighted by Gasteiger charge is 2.20. The van der Waals surface area contributed by atoms with Crippen LogP contribution in [0.4, 0.5) is 11.4 Å². The fourth-order valence-corrected chi connectivity index (χ4v) is 3.62. The van der Waals surface area contributed by atoms with E-state index in [0.717, 1.165) is 5.56 Å². The first-order valence-corrected chi connectivity index (χ1v) is 9.15. The number of sulfonamides is 1. The summed E-state index contributed by atoms with van der Waals surface area (Å²) in [6.07, 6.45) is 0.950. The Morgan fingerprint density at radius 3 is 2.79 bits per heavy atom. The maximum absolute atomic E-state index is 12.7. The van der Waals surface area contributed by atoms with Gasteiger partial charge in [0.25, 0.3) is 10.0 Å². The number of benzene rings is 2. The van der Waals surface area contributed by atoms with Crippen molar-refractivity contribution in [1.29, 1.82) is 0 Å². The quantitative estimate of drug-likeness (QED) is 0.891. The van der Waals surface area contributed by atoms with E-state index in [4.69, 9.17) is 4.74 Å². The molecule has 24 heavy (non-hydrogen) atoms. The van der Waals surface area contributed by atoms with Crippen LogP contribution < -0.4 is 14.8 Å². The summed E-state index contributed by atoms with van der Waals surface area (Å²) >= 11 is 0. The molecular weight excluding hydrogens is 328 g/mol. The van der Waals surface area contributed by atoms with E-state index in [-0.39, 0.29) is 23.8 Å². The number of aryl methyl sites for hydroxylation is 1. The number of para-hydroxylation sites is 1. The molecule has 2 aromatic carbocycles. The molecule has 126 valence electrons. The Balaban J connectivity index is 1.94. The molecule has 1 aliphatic heterocycles. The van der Waals surface area contributed by atoms with Gasteiger partial charge < -0.3 is 10.1 Å². The Morgan fingerprint density at radius 2 is 2.00 bits per heavy atom. The first-order valence-electron chi connectivity index (χ1n) is 7.67. The minimum atomic E-state index is -3.77. The highest BCUT2D eigenvalue weighted by Crippen LogP contribution is 2.30. The highest BCUT2D eigenvalue weighted by molar-refractivity contribution is 7.92. The van der Waals surface area contributed by atoms with Crippen LogP contribution in [0.5, 0.6) is 5.75 Å². The van der Waals surface area contributed by atoms with Crippen LogP contribution in [0, 0.1) is 0 Å². The predicted octanol–water partition coefficient (Wildman–Crippen LogP) is 2.77. The van der Waals surface area contributed by atoms with Crippen LogP contribution in [-0.2, 0) is 21.2 Å². The third-order valence-electron chi connectivity index (χ3n) is 3.76. The number of hydrogen-bond acceptors (Lipinski definition) is 4. The standard InChI is InChI=1S/C17H18N2O4S/c1-2-12-5-3-4-6-14(12)19-24(21,22)13-7-8-16-15(11-13)18-17(20)9-10-23-16/h3-8,11,19H,2,9-10H2,1H3,(H,18,20). The molecule has 1 aliphatic rings. The first kappa shape index (κ1) is 16.3. The van der Waals surface area contributed by atoms with Crippen molar-refractivity contribution in [2.75, 3.05) is 16.6 Å². The summed E-state index contributed by atoms with van der Waals surface area (Å²) in [6, 6.07) is 11.7. The van der Waals surface area contributed by atoms with Crippen LogP contribution in [0.3, 0.4) is 0 Å². The Morgan fingerprint density at radius 1 is 1.21 bits per heavy atom. The molecule has 0 fully saturated rings. The zero-order valence-corrected chi connectivity index (χ0v) is 14.0. The van der Waals surface area contributed by atoms with Crippen molar-refractivity contribution in [1.82, 2.24) is 0 Å². The Hall–Kier alpha value is -2.54. The van der Waals surface area contributed by atoms with Crippen LogP contribution >= 0.6 is 0 Å². The molecule has 0 spiro atoms. The van der Waals surface area contributed by atoms with Crippen LogP contribution in [0.1, 0.15) is 18.9 Å². The summed E-state index contributed by atoms with van der Waals surface area (Å²) in [5.41, 5.74) is 1.83. The lowest BCUT2D eigenvalue weighted by Gasteiger charge is -2.13. The monoisotopic (exact) mass is 346 g/mol. The molecule has 7 heteroatoms. The van der Waals surface area contributed by atoms with Gasteiger partial charge >= 0.3 is 0 Å². The number of ether oxygens (including phenoxy) is 1. The molecule has 0 aromatic heterocycles. The maximum atomic E-state index is 12.7.